The summed E-state index contributed by atoms with van der Waals surface area (Å²) in [5.41, 5.74) is 3.49. The number of hydrogen-bond acceptors (Lipinski definition) is 6. The molecular formula is C14H16N2O3S2. The van der Waals surface area contributed by atoms with Gasteiger partial charge in [0.1, 0.15) is 10.6 Å². The molecule has 2 rings (SSSR count). The number of methoxy groups -OCH3 is 1. The van der Waals surface area contributed by atoms with Crippen molar-refractivity contribution in [3.8, 4) is 5.75 Å². The highest BCUT2D eigenvalue weighted by molar-refractivity contribution is 8.00. The lowest BCUT2D eigenvalue weighted by Crippen LogP contribution is -1.98. The molecule has 0 radical (unpaired) electrons. The van der Waals surface area contributed by atoms with Gasteiger partial charge >= 0.3 is 5.97 Å². The van der Waals surface area contributed by atoms with Gasteiger partial charge in [0, 0.05) is 23.1 Å². The molecule has 0 aromatic carbocycles. The van der Waals surface area contributed by atoms with Crippen molar-refractivity contribution < 1.29 is 14.6 Å². The maximum absolute atomic E-state index is 11.0. The Morgan fingerprint density at radius 1 is 1.43 bits per heavy atom. The number of aromatic carboxylic acids is 1. The van der Waals surface area contributed by atoms with Crippen molar-refractivity contribution in [3.63, 3.8) is 0 Å². The number of carboxylic acid groups (broad SMARTS) is 1. The number of aryl methyl sites for hydroxylation is 2. The van der Waals surface area contributed by atoms with E-state index in [2.05, 4.69) is 9.97 Å². The van der Waals surface area contributed by atoms with Crippen LogP contribution in [-0.2, 0) is 5.75 Å². The Morgan fingerprint density at radius 3 is 2.71 bits per heavy atom. The number of rotatable bonds is 5. The number of carbonyl (C=O) groups is 1. The Morgan fingerprint density at radius 2 is 2.14 bits per heavy atom. The van der Waals surface area contributed by atoms with Gasteiger partial charge in [-0.1, -0.05) is 11.8 Å². The second kappa shape index (κ2) is 6.44. The Kier molecular flexibility index (Phi) is 4.84. The minimum Gasteiger partial charge on any atom is -0.496 e. The van der Waals surface area contributed by atoms with Gasteiger partial charge in [0.05, 0.1) is 18.5 Å². The molecule has 5 nitrogen and oxygen atoms in total. The van der Waals surface area contributed by atoms with Gasteiger partial charge < -0.3 is 9.84 Å². The van der Waals surface area contributed by atoms with E-state index in [4.69, 9.17) is 9.84 Å². The zero-order valence-electron chi connectivity index (χ0n) is 12.3. The van der Waals surface area contributed by atoms with E-state index in [-0.39, 0.29) is 0 Å². The molecule has 0 atom stereocenters. The van der Waals surface area contributed by atoms with E-state index in [0.717, 1.165) is 26.9 Å². The summed E-state index contributed by atoms with van der Waals surface area (Å²) in [6.07, 6.45) is 1.79. The molecule has 1 N–H and O–H groups in total. The smallest absolute Gasteiger partial charge is 0.347 e. The van der Waals surface area contributed by atoms with E-state index >= 15 is 0 Å². The largest absolute Gasteiger partial charge is 0.496 e. The van der Waals surface area contributed by atoms with Gasteiger partial charge in [0.15, 0.2) is 4.34 Å². The van der Waals surface area contributed by atoms with Gasteiger partial charge in [0.2, 0.25) is 0 Å². The molecule has 112 valence electrons. The van der Waals surface area contributed by atoms with Gasteiger partial charge in [-0.05, 0) is 20.8 Å². The van der Waals surface area contributed by atoms with Gasteiger partial charge in [0.25, 0.3) is 0 Å². The molecule has 0 saturated carbocycles. The highest BCUT2D eigenvalue weighted by Crippen LogP contribution is 2.32. The van der Waals surface area contributed by atoms with Gasteiger partial charge in [-0.15, -0.1) is 11.3 Å². The number of thioether (sulfide) groups is 1. The molecule has 0 amide bonds. The van der Waals surface area contributed by atoms with Crippen molar-refractivity contribution in [3.05, 3.63) is 33.6 Å². The summed E-state index contributed by atoms with van der Waals surface area (Å²) in [5.74, 6) is 0.555. The Hall–Kier alpha value is -1.60. The normalized spacial score (nSPS) is 10.7. The van der Waals surface area contributed by atoms with Crippen molar-refractivity contribution in [1.29, 1.82) is 0 Å². The van der Waals surface area contributed by atoms with Crippen molar-refractivity contribution in [2.75, 3.05) is 7.11 Å². The third-order valence-electron chi connectivity index (χ3n) is 3.05. The van der Waals surface area contributed by atoms with Crippen LogP contribution in [0.3, 0.4) is 0 Å². The summed E-state index contributed by atoms with van der Waals surface area (Å²) in [5, 5.41) is 9.04. The molecule has 0 unspecified atom stereocenters. The molecule has 0 saturated heterocycles. The predicted octanol–water partition coefficient (Wildman–Crippen LogP) is 3.46. The second-order valence-electron chi connectivity index (χ2n) is 4.53. The first-order valence-corrected chi connectivity index (χ1v) is 8.06. The van der Waals surface area contributed by atoms with Crippen molar-refractivity contribution in [2.24, 2.45) is 0 Å². The molecule has 0 fully saturated rings. The van der Waals surface area contributed by atoms with Crippen LogP contribution >= 0.6 is 23.1 Å². The number of nitrogens with zero attached hydrogens (tertiary/aromatic N) is 2. The maximum Gasteiger partial charge on any atom is 0.347 e. The Balaban J connectivity index is 2.17. The monoisotopic (exact) mass is 324 g/mol. The average molecular weight is 324 g/mol. The molecule has 2 aromatic heterocycles. The lowest BCUT2D eigenvalue weighted by atomic mass is 10.1. The molecule has 0 spiro atoms. The summed E-state index contributed by atoms with van der Waals surface area (Å²) in [6, 6.07) is 0. The van der Waals surface area contributed by atoms with E-state index in [1.807, 2.05) is 13.8 Å². The predicted molar refractivity (Wildman–Crippen MR) is 83.6 cm³/mol. The summed E-state index contributed by atoms with van der Waals surface area (Å²) in [6.45, 7) is 5.64. The van der Waals surface area contributed by atoms with Crippen LogP contribution in [0.4, 0.5) is 0 Å². The van der Waals surface area contributed by atoms with Crippen LogP contribution in [0.15, 0.2) is 10.5 Å². The first kappa shape index (κ1) is 15.8. The fourth-order valence-corrected chi connectivity index (χ4v) is 4.03. The fourth-order valence-electron chi connectivity index (χ4n) is 1.98. The minimum atomic E-state index is -0.928. The van der Waals surface area contributed by atoms with Crippen LogP contribution < -0.4 is 4.74 Å². The van der Waals surface area contributed by atoms with Crippen LogP contribution in [0.5, 0.6) is 5.75 Å². The van der Waals surface area contributed by atoms with Gasteiger partial charge in [-0.25, -0.2) is 9.78 Å². The standard InChI is InChI=1S/C14H16N2O3S2/c1-7-5-15-10(8(2)11(7)19-4)6-20-14-16-9(3)12(21-14)13(17)18/h5H,6H2,1-4H3,(H,17,18). The van der Waals surface area contributed by atoms with E-state index in [1.54, 1.807) is 20.2 Å². The number of ether oxygens (including phenoxy) is 1. The van der Waals surface area contributed by atoms with E-state index in [1.165, 1.54) is 23.1 Å². The van der Waals surface area contributed by atoms with Crippen LogP contribution in [0, 0.1) is 20.8 Å². The van der Waals surface area contributed by atoms with E-state index in [9.17, 15) is 4.79 Å². The van der Waals surface area contributed by atoms with Crippen LogP contribution in [0.25, 0.3) is 0 Å². The zero-order chi connectivity index (χ0) is 15.6. The lowest BCUT2D eigenvalue weighted by Gasteiger charge is -2.11. The van der Waals surface area contributed by atoms with E-state index in [0.29, 0.717) is 16.3 Å². The van der Waals surface area contributed by atoms with Crippen LogP contribution in [0.2, 0.25) is 0 Å². The van der Waals surface area contributed by atoms with Crippen molar-refractivity contribution in [2.45, 2.75) is 30.9 Å². The zero-order valence-corrected chi connectivity index (χ0v) is 13.9. The number of aromatic nitrogens is 2. The van der Waals surface area contributed by atoms with Crippen molar-refractivity contribution >= 4 is 29.1 Å². The highest BCUT2D eigenvalue weighted by atomic mass is 32.2. The molecule has 0 aliphatic heterocycles. The molecule has 2 heterocycles. The topological polar surface area (TPSA) is 72.3 Å². The maximum atomic E-state index is 11.0. The summed E-state index contributed by atoms with van der Waals surface area (Å²) < 4.78 is 6.12. The average Bonchev–Trinajstić information content (AvgIpc) is 2.80. The third kappa shape index (κ3) is 3.36. The molecule has 0 aliphatic rings. The molecule has 0 bridgehead atoms. The van der Waals surface area contributed by atoms with Crippen molar-refractivity contribution in [1.82, 2.24) is 9.97 Å². The SMILES string of the molecule is COc1c(C)cnc(CSc2nc(C)c(C(=O)O)s2)c1C. The van der Waals surface area contributed by atoms with E-state index < -0.39 is 5.97 Å². The molecular weight excluding hydrogens is 308 g/mol. The summed E-state index contributed by atoms with van der Waals surface area (Å²) in [7, 11) is 1.65. The van der Waals surface area contributed by atoms with Gasteiger partial charge in [-0.3, -0.25) is 4.98 Å². The first-order chi connectivity index (χ1) is 9.93. The number of thiazole rings is 1. The highest BCUT2D eigenvalue weighted by Gasteiger charge is 2.15. The summed E-state index contributed by atoms with van der Waals surface area (Å²) in [4.78, 5) is 20.0. The Labute approximate surface area is 131 Å². The number of pyridine rings is 1. The Bertz CT molecular complexity index is 683. The third-order valence-corrected chi connectivity index (χ3v) is 5.35. The molecule has 2 aromatic rings. The second-order valence-corrected chi connectivity index (χ2v) is 6.76. The van der Waals surface area contributed by atoms with Crippen LogP contribution in [-0.4, -0.2) is 28.2 Å². The minimum absolute atomic E-state index is 0.295. The molecule has 21 heavy (non-hydrogen) atoms. The number of hydrogen-bond donors (Lipinski definition) is 1. The summed E-state index contributed by atoms with van der Waals surface area (Å²) >= 11 is 2.69. The number of carboxylic acids is 1. The van der Waals surface area contributed by atoms with Gasteiger partial charge in [-0.2, -0.15) is 0 Å². The molecule has 7 heteroatoms. The first-order valence-electron chi connectivity index (χ1n) is 6.26. The lowest BCUT2D eigenvalue weighted by molar-refractivity contribution is 0.0701. The molecule has 0 aliphatic carbocycles. The van der Waals surface area contributed by atoms with Crippen LogP contribution in [0.1, 0.15) is 32.2 Å². The quantitative estimate of drug-likeness (QED) is 0.849. The fraction of sp³-hybridized carbons (Fsp3) is 0.357.